The summed E-state index contributed by atoms with van der Waals surface area (Å²) in [6, 6.07) is 0. The van der Waals surface area contributed by atoms with Crippen molar-refractivity contribution in [2.45, 2.75) is 70.2 Å². The number of hydrogen-bond acceptors (Lipinski definition) is 4. The molecule has 0 aromatic heterocycles. The highest BCUT2D eigenvalue weighted by atomic mass is 16.6. The van der Waals surface area contributed by atoms with Crippen molar-refractivity contribution in [2.75, 3.05) is 33.5 Å². The number of epoxide rings is 1. The topological polar surface area (TPSA) is 40.2 Å². The minimum absolute atomic E-state index is 0.00262. The van der Waals surface area contributed by atoms with Gasteiger partial charge in [0.05, 0.1) is 25.4 Å². The van der Waals surface area contributed by atoms with E-state index in [0.29, 0.717) is 11.8 Å². The summed E-state index contributed by atoms with van der Waals surface area (Å²) in [4.78, 5) is 0. The van der Waals surface area contributed by atoms with Crippen LogP contribution in [-0.2, 0) is 18.9 Å². The van der Waals surface area contributed by atoms with Crippen molar-refractivity contribution in [1.82, 2.24) is 0 Å². The van der Waals surface area contributed by atoms with E-state index in [1.54, 1.807) is 7.11 Å². The standard InChI is InChI=1S/C20H36O4/c1-5-7-12-23-19(16(3)21-4)10-9-17(8-6-2)18-11-13-22-14-20(18)15-24-20/h6,16-19H,2,5,7-15H2,1,3-4H3/t16-,17+,18?,19+,20+/m0/s1. The van der Waals surface area contributed by atoms with Crippen LogP contribution in [0.4, 0.5) is 0 Å². The lowest BCUT2D eigenvalue weighted by molar-refractivity contribution is -0.0612. The third-order valence-electron chi connectivity index (χ3n) is 5.70. The lowest BCUT2D eigenvalue weighted by atomic mass is 9.74. The first-order valence-electron chi connectivity index (χ1n) is 9.63. The molecule has 4 heteroatoms. The van der Waals surface area contributed by atoms with Gasteiger partial charge in [0.2, 0.25) is 0 Å². The number of unbranched alkanes of at least 4 members (excludes halogenated alkanes) is 1. The van der Waals surface area contributed by atoms with Crippen molar-refractivity contribution in [3.05, 3.63) is 12.7 Å². The zero-order valence-corrected chi connectivity index (χ0v) is 15.8. The van der Waals surface area contributed by atoms with Crippen LogP contribution in [0.25, 0.3) is 0 Å². The van der Waals surface area contributed by atoms with Crippen molar-refractivity contribution in [1.29, 1.82) is 0 Å². The second-order valence-electron chi connectivity index (χ2n) is 7.37. The van der Waals surface area contributed by atoms with E-state index in [1.807, 2.05) is 0 Å². The molecular weight excluding hydrogens is 304 g/mol. The van der Waals surface area contributed by atoms with Crippen LogP contribution < -0.4 is 0 Å². The van der Waals surface area contributed by atoms with Crippen molar-refractivity contribution >= 4 is 0 Å². The Morgan fingerprint density at radius 3 is 2.75 bits per heavy atom. The van der Waals surface area contributed by atoms with E-state index in [2.05, 4.69) is 26.5 Å². The maximum absolute atomic E-state index is 6.11. The predicted octanol–water partition coefficient (Wildman–Crippen LogP) is 3.98. The second-order valence-corrected chi connectivity index (χ2v) is 7.37. The van der Waals surface area contributed by atoms with Crippen LogP contribution >= 0.6 is 0 Å². The highest BCUT2D eigenvalue weighted by molar-refractivity contribution is 5.03. The summed E-state index contributed by atoms with van der Waals surface area (Å²) in [6.45, 7) is 11.6. The van der Waals surface area contributed by atoms with Gasteiger partial charge in [0, 0.05) is 20.3 Å². The molecule has 0 aliphatic carbocycles. The van der Waals surface area contributed by atoms with Crippen molar-refractivity contribution in [2.24, 2.45) is 11.8 Å². The smallest absolute Gasteiger partial charge is 0.118 e. The highest BCUT2D eigenvalue weighted by Crippen LogP contribution is 2.46. The van der Waals surface area contributed by atoms with E-state index in [4.69, 9.17) is 18.9 Å². The van der Waals surface area contributed by atoms with Gasteiger partial charge in [-0.05, 0) is 50.9 Å². The number of methoxy groups -OCH3 is 1. The van der Waals surface area contributed by atoms with Crippen LogP contribution in [0.15, 0.2) is 12.7 Å². The van der Waals surface area contributed by atoms with Crippen LogP contribution in [0.3, 0.4) is 0 Å². The molecule has 4 nitrogen and oxygen atoms in total. The molecule has 2 fully saturated rings. The predicted molar refractivity (Wildman–Crippen MR) is 96.3 cm³/mol. The van der Waals surface area contributed by atoms with Gasteiger partial charge < -0.3 is 18.9 Å². The normalized spacial score (nSPS) is 30.0. The first-order chi connectivity index (χ1) is 11.7. The average Bonchev–Trinajstić information content (AvgIpc) is 3.36. The average molecular weight is 341 g/mol. The molecule has 0 saturated carbocycles. The first kappa shape index (κ1) is 19.9. The van der Waals surface area contributed by atoms with Gasteiger partial charge in [0.1, 0.15) is 5.60 Å². The quantitative estimate of drug-likeness (QED) is 0.306. The van der Waals surface area contributed by atoms with Crippen LogP contribution in [-0.4, -0.2) is 51.3 Å². The molecule has 0 N–H and O–H groups in total. The molecule has 0 amide bonds. The molecule has 2 aliphatic rings. The van der Waals surface area contributed by atoms with Crippen LogP contribution in [0.2, 0.25) is 0 Å². The van der Waals surface area contributed by atoms with Crippen molar-refractivity contribution in [3.63, 3.8) is 0 Å². The fourth-order valence-electron chi connectivity index (χ4n) is 3.94. The number of ether oxygens (including phenoxy) is 4. The zero-order valence-electron chi connectivity index (χ0n) is 15.8. The highest BCUT2D eigenvalue weighted by Gasteiger charge is 2.55. The molecule has 0 radical (unpaired) electrons. The molecule has 1 unspecified atom stereocenters. The third-order valence-corrected chi connectivity index (χ3v) is 5.70. The second kappa shape index (κ2) is 9.91. The van der Waals surface area contributed by atoms with Gasteiger partial charge in [-0.1, -0.05) is 19.4 Å². The molecule has 2 heterocycles. The van der Waals surface area contributed by atoms with Crippen LogP contribution in [0.5, 0.6) is 0 Å². The summed E-state index contributed by atoms with van der Waals surface area (Å²) >= 11 is 0. The maximum atomic E-state index is 6.11. The molecule has 0 aromatic rings. The fourth-order valence-corrected chi connectivity index (χ4v) is 3.94. The molecule has 5 atom stereocenters. The Hall–Kier alpha value is -0.420. The van der Waals surface area contributed by atoms with Gasteiger partial charge in [-0.15, -0.1) is 6.58 Å². The van der Waals surface area contributed by atoms with E-state index in [-0.39, 0.29) is 17.8 Å². The number of hydrogen-bond donors (Lipinski definition) is 0. The van der Waals surface area contributed by atoms with E-state index in [9.17, 15) is 0 Å². The van der Waals surface area contributed by atoms with Crippen LogP contribution in [0, 0.1) is 11.8 Å². The molecule has 2 aliphatic heterocycles. The molecule has 0 aromatic carbocycles. The molecule has 0 bridgehead atoms. The monoisotopic (exact) mass is 340 g/mol. The maximum Gasteiger partial charge on any atom is 0.118 e. The first-order valence-corrected chi connectivity index (χ1v) is 9.63. The van der Waals surface area contributed by atoms with Crippen LogP contribution in [0.1, 0.15) is 52.4 Å². The van der Waals surface area contributed by atoms with Gasteiger partial charge in [-0.2, -0.15) is 0 Å². The Balaban J connectivity index is 1.91. The minimum Gasteiger partial charge on any atom is -0.379 e. The number of rotatable bonds is 12. The summed E-state index contributed by atoms with van der Waals surface area (Å²) in [5.41, 5.74) is -0.00262. The Labute approximate surface area is 147 Å². The molecule has 1 spiro atoms. The Morgan fingerprint density at radius 2 is 2.12 bits per heavy atom. The Bertz CT molecular complexity index is 367. The summed E-state index contributed by atoms with van der Waals surface area (Å²) < 4.78 is 23.1. The minimum atomic E-state index is -0.00262. The molecule has 2 rings (SSSR count). The van der Waals surface area contributed by atoms with Gasteiger partial charge in [0.25, 0.3) is 0 Å². The Morgan fingerprint density at radius 1 is 1.33 bits per heavy atom. The molecular formula is C20H36O4. The SMILES string of the molecule is C=CC[C@H](CC[C@@H](OCCCC)[C@H](C)OC)C1CCOC[C@@]12CO2. The molecule has 24 heavy (non-hydrogen) atoms. The van der Waals surface area contributed by atoms with Gasteiger partial charge in [-0.3, -0.25) is 0 Å². The lowest BCUT2D eigenvalue weighted by Crippen LogP contribution is -2.41. The van der Waals surface area contributed by atoms with E-state index in [0.717, 1.165) is 65.0 Å². The van der Waals surface area contributed by atoms with E-state index >= 15 is 0 Å². The summed E-state index contributed by atoms with van der Waals surface area (Å²) in [6.07, 6.45) is 8.93. The summed E-state index contributed by atoms with van der Waals surface area (Å²) in [5, 5.41) is 0. The van der Waals surface area contributed by atoms with Crippen molar-refractivity contribution in [3.8, 4) is 0 Å². The van der Waals surface area contributed by atoms with Gasteiger partial charge in [0.15, 0.2) is 0 Å². The zero-order chi connectivity index (χ0) is 17.4. The fraction of sp³-hybridized carbons (Fsp3) is 0.900. The van der Waals surface area contributed by atoms with E-state index in [1.165, 1.54) is 0 Å². The lowest BCUT2D eigenvalue weighted by Gasteiger charge is -2.36. The molecule has 2 saturated heterocycles. The molecule has 140 valence electrons. The largest absolute Gasteiger partial charge is 0.379 e. The van der Waals surface area contributed by atoms with E-state index < -0.39 is 0 Å². The van der Waals surface area contributed by atoms with Gasteiger partial charge >= 0.3 is 0 Å². The van der Waals surface area contributed by atoms with Crippen molar-refractivity contribution < 1.29 is 18.9 Å². The Kier molecular flexibility index (Phi) is 8.21. The van der Waals surface area contributed by atoms with Gasteiger partial charge in [-0.25, -0.2) is 0 Å². The number of allylic oxidation sites excluding steroid dienone is 1. The summed E-state index contributed by atoms with van der Waals surface area (Å²) in [7, 11) is 1.77. The summed E-state index contributed by atoms with van der Waals surface area (Å²) in [5.74, 6) is 1.17. The third kappa shape index (κ3) is 5.29.